The standard InChI is InChI=1S/C16H26N2/c1-3-16(2,12-17)13-18-10-8-14-6-4-5-7-15(14)9-11-18/h4-7H,3,8-13,17H2,1-2H3. The van der Waals surface area contributed by atoms with Crippen molar-refractivity contribution in [3.05, 3.63) is 35.4 Å². The van der Waals surface area contributed by atoms with Gasteiger partial charge >= 0.3 is 0 Å². The predicted octanol–water partition coefficient (Wildman–Crippen LogP) is 2.46. The third-order valence-electron chi connectivity index (χ3n) is 4.46. The van der Waals surface area contributed by atoms with Crippen LogP contribution in [0, 0.1) is 5.41 Å². The van der Waals surface area contributed by atoms with E-state index in [4.69, 9.17) is 5.73 Å². The van der Waals surface area contributed by atoms with Gasteiger partial charge in [-0.2, -0.15) is 0 Å². The Kier molecular flexibility index (Phi) is 4.41. The van der Waals surface area contributed by atoms with E-state index in [-0.39, 0.29) is 5.41 Å². The Morgan fingerprint density at radius 3 is 2.17 bits per heavy atom. The van der Waals surface area contributed by atoms with E-state index in [1.54, 1.807) is 0 Å². The van der Waals surface area contributed by atoms with Crippen molar-refractivity contribution in [3.8, 4) is 0 Å². The number of hydrogen-bond acceptors (Lipinski definition) is 2. The molecule has 1 heterocycles. The van der Waals surface area contributed by atoms with E-state index < -0.39 is 0 Å². The second-order valence-electron chi connectivity index (χ2n) is 5.91. The summed E-state index contributed by atoms with van der Waals surface area (Å²) in [5.41, 5.74) is 9.27. The third kappa shape index (κ3) is 3.12. The quantitative estimate of drug-likeness (QED) is 0.884. The van der Waals surface area contributed by atoms with Crippen LogP contribution in [-0.4, -0.2) is 31.1 Å². The summed E-state index contributed by atoms with van der Waals surface area (Å²) in [5, 5.41) is 0. The highest BCUT2D eigenvalue weighted by atomic mass is 15.1. The van der Waals surface area contributed by atoms with E-state index in [0.29, 0.717) is 0 Å². The molecule has 0 fully saturated rings. The van der Waals surface area contributed by atoms with Crippen LogP contribution < -0.4 is 5.73 Å². The highest BCUT2D eigenvalue weighted by Crippen LogP contribution is 2.23. The minimum atomic E-state index is 0.274. The van der Waals surface area contributed by atoms with Gasteiger partial charge in [0, 0.05) is 19.6 Å². The molecule has 1 aromatic rings. The molecule has 0 bridgehead atoms. The van der Waals surface area contributed by atoms with E-state index in [9.17, 15) is 0 Å². The molecule has 100 valence electrons. The van der Waals surface area contributed by atoms with Crippen molar-refractivity contribution < 1.29 is 0 Å². The lowest BCUT2D eigenvalue weighted by atomic mass is 9.87. The van der Waals surface area contributed by atoms with Crippen LogP contribution in [0.2, 0.25) is 0 Å². The highest BCUT2D eigenvalue weighted by Gasteiger charge is 2.24. The number of benzene rings is 1. The zero-order chi connectivity index (χ0) is 13.0. The van der Waals surface area contributed by atoms with E-state index in [0.717, 1.165) is 19.5 Å². The minimum Gasteiger partial charge on any atom is -0.330 e. The van der Waals surface area contributed by atoms with Crippen LogP contribution in [0.3, 0.4) is 0 Å². The number of rotatable bonds is 4. The van der Waals surface area contributed by atoms with Gasteiger partial charge in [0.15, 0.2) is 0 Å². The van der Waals surface area contributed by atoms with Gasteiger partial charge in [0.1, 0.15) is 0 Å². The fourth-order valence-electron chi connectivity index (χ4n) is 2.73. The average Bonchev–Trinajstić information content (AvgIpc) is 2.62. The van der Waals surface area contributed by atoms with Crippen molar-refractivity contribution >= 4 is 0 Å². The summed E-state index contributed by atoms with van der Waals surface area (Å²) in [4.78, 5) is 2.59. The van der Waals surface area contributed by atoms with Gasteiger partial charge < -0.3 is 10.6 Å². The zero-order valence-electron chi connectivity index (χ0n) is 11.8. The minimum absolute atomic E-state index is 0.274. The molecule has 0 saturated heterocycles. The summed E-state index contributed by atoms with van der Waals surface area (Å²) in [6, 6.07) is 8.87. The van der Waals surface area contributed by atoms with Crippen molar-refractivity contribution in [1.29, 1.82) is 0 Å². The maximum absolute atomic E-state index is 5.93. The van der Waals surface area contributed by atoms with E-state index in [1.165, 1.54) is 37.1 Å². The summed E-state index contributed by atoms with van der Waals surface area (Å²) in [6.45, 7) is 8.82. The lowest BCUT2D eigenvalue weighted by Gasteiger charge is -2.33. The molecule has 1 aromatic carbocycles. The second kappa shape index (κ2) is 5.85. The number of hydrogen-bond donors (Lipinski definition) is 1. The van der Waals surface area contributed by atoms with E-state index in [2.05, 4.69) is 43.0 Å². The molecule has 1 aliphatic rings. The topological polar surface area (TPSA) is 29.3 Å². The lowest BCUT2D eigenvalue weighted by Crippen LogP contribution is -2.41. The summed E-state index contributed by atoms with van der Waals surface area (Å²) in [7, 11) is 0. The van der Waals surface area contributed by atoms with Gasteiger partial charge in [-0.15, -0.1) is 0 Å². The van der Waals surface area contributed by atoms with Crippen molar-refractivity contribution in [2.45, 2.75) is 33.1 Å². The molecule has 2 heteroatoms. The Morgan fingerprint density at radius 2 is 1.72 bits per heavy atom. The van der Waals surface area contributed by atoms with Crippen LogP contribution in [0.1, 0.15) is 31.4 Å². The number of nitrogens with zero attached hydrogens (tertiary/aromatic N) is 1. The van der Waals surface area contributed by atoms with Gasteiger partial charge in [0.2, 0.25) is 0 Å². The van der Waals surface area contributed by atoms with E-state index in [1.807, 2.05) is 0 Å². The molecule has 0 radical (unpaired) electrons. The van der Waals surface area contributed by atoms with Crippen molar-refractivity contribution in [2.75, 3.05) is 26.2 Å². The fourth-order valence-corrected chi connectivity index (χ4v) is 2.73. The molecule has 0 saturated carbocycles. The molecule has 0 amide bonds. The van der Waals surface area contributed by atoms with Crippen LogP contribution in [0.5, 0.6) is 0 Å². The highest BCUT2D eigenvalue weighted by molar-refractivity contribution is 5.28. The largest absolute Gasteiger partial charge is 0.330 e. The molecule has 2 N–H and O–H groups in total. The van der Waals surface area contributed by atoms with Crippen molar-refractivity contribution in [2.24, 2.45) is 11.1 Å². The Bertz CT molecular complexity index is 355. The summed E-state index contributed by atoms with van der Waals surface area (Å²) in [5.74, 6) is 0. The van der Waals surface area contributed by atoms with Gasteiger partial charge in [-0.3, -0.25) is 0 Å². The van der Waals surface area contributed by atoms with Crippen molar-refractivity contribution in [1.82, 2.24) is 4.90 Å². The van der Waals surface area contributed by atoms with Crippen LogP contribution in [0.25, 0.3) is 0 Å². The maximum Gasteiger partial charge on any atom is 0.00476 e. The zero-order valence-corrected chi connectivity index (χ0v) is 11.8. The number of fused-ring (bicyclic) bond motifs is 1. The maximum atomic E-state index is 5.93. The molecular formula is C16H26N2. The first-order valence-corrected chi connectivity index (χ1v) is 7.16. The molecule has 2 nitrogen and oxygen atoms in total. The van der Waals surface area contributed by atoms with Crippen LogP contribution in [-0.2, 0) is 12.8 Å². The Morgan fingerprint density at radius 1 is 1.17 bits per heavy atom. The molecule has 18 heavy (non-hydrogen) atoms. The molecule has 0 aliphatic carbocycles. The molecule has 1 atom stereocenters. The number of nitrogens with two attached hydrogens (primary N) is 1. The molecule has 1 aliphatic heterocycles. The Balaban J connectivity index is 2.00. The summed E-state index contributed by atoms with van der Waals surface area (Å²) in [6.07, 6.45) is 3.52. The molecule has 0 aromatic heterocycles. The summed E-state index contributed by atoms with van der Waals surface area (Å²) < 4.78 is 0. The smallest absolute Gasteiger partial charge is 0.00476 e. The summed E-state index contributed by atoms with van der Waals surface area (Å²) >= 11 is 0. The average molecular weight is 246 g/mol. The first kappa shape index (κ1) is 13.6. The van der Waals surface area contributed by atoms with Gasteiger partial charge in [0.25, 0.3) is 0 Å². The molecule has 2 rings (SSSR count). The first-order valence-electron chi connectivity index (χ1n) is 7.16. The second-order valence-corrected chi connectivity index (χ2v) is 5.91. The van der Waals surface area contributed by atoms with Gasteiger partial charge in [-0.25, -0.2) is 0 Å². The van der Waals surface area contributed by atoms with Crippen LogP contribution in [0.4, 0.5) is 0 Å². The monoisotopic (exact) mass is 246 g/mol. The molecule has 1 unspecified atom stereocenters. The predicted molar refractivity (Wildman–Crippen MR) is 77.7 cm³/mol. The van der Waals surface area contributed by atoms with Gasteiger partial charge in [0.05, 0.1) is 0 Å². The van der Waals surface area contributed by atoms with E-state index >= 15 is 0 Å². The Hall–Kier alpha value is -0.860. The molecular weight excluding hydrogens is 220 g/mol. The van der Waals surface area contributed by atoms with Gasteiger partial charge in [-0.1, -0.05) is 38.1 Å². The fraction of sp³-hybridized carbons (Fsp3) is 0.625. The lowest BCUT2D eigenvalue weighted by molar-refractivity contribution is 0.169. The van der Waals surface area contributed by atoms with Crippen LogP contribution >= 0.6 is 0 Å². The van der Waals surface area contributed by atoms with Crippen molar-refractivity contribution in [3.63, 3.8) is 0 Å². The molecule has 0 spiro atoms. The van der Waals surface area contributed by atoms with Gasteiger partial charge in [-0.05, 0) is 42.3 Å². The normalized spacial score (nSPS) is 19.9. The Labute approximate surface area is 111 Å². The third-order valence-corrected chi connectivity index (χ3v) is 4.46. The SMILES string of the molecule is CCC(C)(CN)CN1CCc2ccccc2CC1. The first-order chi connectivity index (χ1) is 8.67. The van der Waals surface area contributed by atoms with Crippen LogP contribution in [0.15, 0.2) is 24.3 Å².